The van der Waals surface area contributed by atoms with E-state index in [4.69, 9.17) is 5.11 Å². The topological polar surface area (TPSA) is 40.5 Å². The molecule has 0 aromatic heterocycles. The third kappa shape index (κ3) is 3.35. The van der Waals surface area contributed by atoms with Crippen molar-refractivity contribution >= 4 is 21.8 Å². The van der Waals surface area contributed by atoms with Gasteiger partial charge >= 0.3 is 0 Å². The summed E-state index contributed by atoms with van der Waals surface area (Å²) in [6.45, 7) is 0.998. The van der Waals surface area contributed by atoms with Crippen LogP contribution in [0.15, 0.2) is 16.6 Å². The molecule has 1 amide bonds. The van der Waals surface area contributed by atoms with Gasteiger partial charge in [0.15, 0.2) is 0 Å². The van der Waals surface area contributed by atoms with Gasteiger partial charge in [0.05, 0.1) is 0 Å². The number of hydrogen-bond acceptors (Lipinski definition) is 2. The van der Waals surface area contributed by atoms with Crippen molar-refractivity contribution in [3.05, 3.63) is 33.8 Å². The Morgan fingerprint density at radius 3 is 2.65 bits per heavy atom. The van der Waals surface area contributed by atoms with E-state index in [1.165, 1.54) is 4.90 Å². The molecule has 1 unspecified atom stereocenters. The maximum absolute atomic E-state index is 13.8. The van der Waals surface area contributed by atoms with E-state index in [1.54, 1.807) is 0 Å². The van der Waals surface area contributed by atoms with Crippen LogP contribution in [0.3, 0.4) is 0 Å². The van der Waals surface area contributed by atoms with E-state index in [1.807, 2.05) is 0 Å². The van der Waals surface area contributed by atoms with Crippen molar-refractivity contribution in [2.24, 2.45) is 5.92 Å². The Hall–Kier alpha value is -1.01. The van der Waals surface area contributed by atoms with Crippen LogP contribution in [0.25, 0.3) is 0 Å². The molecule has 2 rings (SSSR count). The summed E-state index contributed by atoms with van der Waals surface area (Å²) in [5, 5.41) is 8.95. The molecule has 20 heavy (non-hydrogen) atoms. The van der Waals surface area contributed by atoms with Gasteiger partial charge in [-0.25, -0.2) is 8.78 Å². The van der Waals surface area contributed by atoms with E-state index in [9.17, 15) is 13.6 Å². The van der Waals surface area contributed by atoms with Crippen molar-refractivity contribution in [3.63, 3.8) is 0 Å². The van der Waals surface area contributed by atoms with Gasteiger partial charge in [-0.1, -0.05) is 15.9 Å². The molecule has 1 aliphatic rings. The van der Waals surface area contributed by atoms with Crippen LogP contribution in [0.2, 0.25) is 0 Å². The Balaban J connectivity index is 2.19. The monoisotopic (exact) mass is 347 g/mol. The molecule has 0 bridgehead atoms. The molecule has 0 spiro atoms. The normalized spacial score (nSPS) is 19.2. The highest BCUT2D eigenvalue weighted by atomic mass is 79.9. The maximum atomic E-state index is 13.8. The highest BCUT2D eigenvalue weighted by Gasteiger charge is 2.28. The first-order valence-corrected chi connectivity index (χ1v) is 7.37. The summed E-state index contributed by atoms with van der Waals surface area (Å²) in [5.74, 6) is -2.13. The molecular formula is C14H16BrF2NO2. The van der Waals surface area contributed by atoms with Crippen LogP contribution < -0.4 is 0 Å². The molecule has 1 aromatic carbocycles. The highest BCUT2D eigenvalue weighted by Crippen LogP contribution is 2.24. The minimum absolute atomic E-state index is 0.0632. The number of carbonyl (C=O) groups excluding carboxylic acids is 1. The molecule has 1 aliphatic heterocycles. The smallest absolute Gasteiger partial charge is 0.259 e. The third-order valence-corrected chi connectivity index (χ3v) is 4.02. The van der Waals surface area contributed by atoms with Gasteiger partial charge in [-0.2, -0.15) is 0 Å². The largest absolute Gasteiger partial charge is 0.396 e. The fourth-order valence-corrected chi connectivity index (χ4v) is 2.97. The van der Waals surface area contributed by atoms with Crippen molar-refractivity contribution < 1.29 is 18.7 Å². The van der Waals surface area contributed by atoms with Crippen LogP contribution in [0, 0.1) is 17.6 Å². The van der Waals surface area contributed by atoms with Gasteiger partial charge in [0.1, 0.15) is 17.2 Å². The number of rotatable bonds is 3. The van der Waals surface area contributed by atoms with Crippen LogP contribution in [0.5, 0.6) is 0 Å². The Labute approximate surface area is 124 Å². The summed E-state index contributed by atoms with van der Waals surface area (Å²) in [6, 6.07) is 2.18. The molecule has 1 saturated heterocycles. The van der Waals surface area contributed by atoms with Gasteiger partial charge < -0.3 is 10.0 Å². The van der Waals surface area contributed by atoms with Crippen LogP contribution in [0.1, 0.15) is 29.6 Å². The molecule has 1 aromatic rings. The number of carbonyl (C=O) groups is 1. The molecule has 0 saturated carbocycles. The summed E-state index contributed by atoms with van der Waals surface area (Å²) in [6.07, 6.45) is 2.32. The molecule has 3 nitrogen and oxygen atoms in total. The first-order chi connectivity index (χ1) is 9.52. The zero-order valence-electron chi connectivity index (χ0n) is 10.9. The molecule has 1 N–H and O–H groups in total. The summed E-state index contributed by atoms with van der Waals surface area (Å²) < 4.78 is 27.9. The van der Waals surface area contributed by atoms with Gasteiger partial charge in [0, 0.05) is 24.2 Å². The minimum Gasteiger partial charge on any atom is -0.396 e. The predicted octanol–water partition coefficient (Wildman–Crippen LogP) is 2.96. The first kappa shape index (κ1) is 15.4. The zero-order valence-corrected chi connectivity index (χ0v) is 12.5. The van der Waals surface area contributed by atoms with E-state index in [0.29, 0.717) is 19.5 Å². The Kier molecular flexibility index (Phi) is 5.10. The van der Waals surface area contributed by atoms with E-state index >= 15 is 0 Å². The zero-order chi connectivity index (χ0) is 14.7. The molecule has 1 heterocycles. The molecule has 1 fully saturated rings. The first-order valence-electron chi connectivity index (χ1n) is 6.57. The summed E-state index contributed by atoms with van der Waals surface area (Å²) in [7, 11) is 0. The lowest BCUT2D eigenvalue weighted by molar-refractivity contribution is 0.0644. The molecule has 0 radical (unpaired) electrons. The maximum Gasteiger partial charge on any atom is 0.259 e. The Morgan fingerprint density at radius 1 is 1.40 bits per heavy atom. The molecular weight excluding hydrogens is 332 g/mol. The van der Waals surface area contributed by atoms with Crippen molar-refractivity contribution in [1.82, 2.24) is 4.90 Å². The highest BCUT2D eigenvalue weighted by molar-refractivity contribution is 9.10. The van der Waals surface area contributed by atoms with Gasteiger partial charge in [-0.05, 0) is 37.3 Å². The predicted molar refractivity (Wildman–Crippen MR) is 74.4 cm³/mol. The van der Waals surface area contributed by atoms with Gasteiger partial charge in [0.2, 0.25) is 0 Å². The van der Waals surface area contributed by atoms with Gasteiger partial charge in [0.25, 0.3) is 5.91 Å². The van der Waals surface area contributed by atoms with Crippen molar-refractivity contribution in [2.75, 3.05) is 19.7 Å². The number of benzene rings is 1. The minimum atomic E-state index is -0.855. The van der Waals surface area contributed by atoms with Crippen LogP contribution in [-0.2, 0) is 0 Å². The lowest BCUT2D eigenvalue weighted by Crippen LogP contribution is -2.40. The van der Waals surface area contributed by atoms with Crippen LogP contribution in [-0.4, -0.2) is 35.6 Å². The lowest BCUT2D eigenvalue weighted by atomic mass is 9.94. The number of aliphatic hydroxyl groups is 1. The standard InChI is InChI=1S/C14H16BrF2NO2/c15-10-6-11(16)13(12(17)7-10)14(20)18-4-1-2-9(8-18)3-5-19/h6-7,9,19H,1-5,8H2. The summed E-state index contributed by atoms with van der Waals surface area (Å²) in [5.41, 5.74) is -0.502. The van der Waals surface area contributed by atoms with Crippen LogP contribution in [0.4, 0.5) is 8.78 Å². The third-order valence-electron chi connectivity index (χ3n) is 3.56. The number of aliphatic hydroxyl groups excluding tert-OH is 1. The number of halogens is 3. The second-order valence-electron chi connectivity index (χ2n) is 5.02. The number of piperidine rings is 1. The van der Waals surface area contributed by atoms with E-state index in [0.717, 1.165) is 25.0 Å². The number of likely N-dealkylation sites (tertiary alicyclic amines) is 1. The average Bonchev–Trinajstić information content (AvgIpc) is 2.38. The fraction of sp³-hybridized carbons (Fsp3) is 0.500. The summed E-state index contributed by atoms with van der Waals surface area (Å²) >= 11 is 2.99. The Morgan fingerprint density at radius 2 is 2.05 bits per heavy atom. The molecule has 1 atom stereocenters. The molecule has 0 aliphatic carbocycles. The lowest BCUT2D eigenvalue weighted by Gasteiger charge is -2.32. The second-order valence-corrected chi connectivity index (χ2v) is 5.93. The number of nitrogens with zero attached hydrogens (tertiary/aromatic N) is 1. The molecule has 6 heteroatoms. The van der Waals surface area contributed by atoms with Crippen LogP contribution >= 0.6 is 15.9 Å². The number of amides is 1. The summed E-state index contributed by atoms with van der Waals surface area (Å²) in [4.78, 5) is 13.7. The average molecular weight is 348 g/mol. The molecule has 110 valence electrons. The Bertz CT molecular complexity index is 485. The van der Waals surface area contributed by atoms with Crippen molar-refractivity contribution in [1.29, 1.82) is 0 Å². The van der Waals surface area contributed by atoms with E-state index in [2.05, 4.69) is 15.9 Å². The SMILES string of the molecule is O=C(c1c(F)cc(Br)cc1F)N1CCCC(CCO)C1. The fourth-order valence-electron chi connectivity index (χ4n) is 2.57. The van der Waals surface area contributed by atoms with Crippen molar-refractivity contribution in [2.45, 2.75) is 19.3 Å². The van der Waals surface area contributed by atoms with E-state index in [-0.39, 0.29) is 17.0 Å². The second kappa shape index (κ2) is 6.63. The van der Waals surface area contributed by atoms with E-state index < -0.39 is 23.1 Å². The van der Waals surface area contributed by atoms with Gasteiger partial charge in [-0.15, -0.1) is 0 Å². The van der Waals surface area contributed by atoms with Crippen molar-refractivity contribution in [3.8, 4) is 0 Å². The quantitative estimate of drug-likeness (QED) is 0.913. The number of hydrogen-bond donors (Lipinski definition) is 1. The van der Waals surface area contributed by atoms with Gasteiger partial charge in [-0.3, -0.25) is 4.79 Å².